The van der Waals surface area contributed by atoms with Crippen molar-refractivity contribution in [1.82, 2.24) is 10.2 Å². The van der Waals surface area contributed by atoms with Gasteiger partial charge in [-0.25, -0.2) is 0 Å². The monoisotopic (exact) mass is 224 g/mol. The lowest BCUT2D eigenvalue weighted by molar-refractivity contribution is -0.132. The van der Waals surface area contributed by atoms with E-state index in [4.69, 9.17) is 0 Å². The van der Waals surface area contributed by atoms with Gasteiger partial charge >= 0.3 is 0 Å². The van der Waals surface area contributed by atoms with Crippen LogP contribution in [0.2, 0.25) is 0 Å². The van der Waals surface area contributed by atoms with E-state index in [1.807, 2.05) is 4.90 Å². The summed E-state index contributed by atoms with van der Waals surface area (Å²) in [6.45, 7) is 9.44. The van der Waals surface area contributed by atoms with Gasteiger partial charge in [-0.15, -0.1) is 0 Å². The van der Waals surface area contributed by atoms with Crippen molar-refractivity contribution in [1.29, 1.82) is 0 Å². The normalized spacial score (nSPS) is 40.4. The van der Waals surface area contributed by atoms with Crippen molar-refractivity contribution in [3.8, 4) is 0 Å². The maximum Gasteiger partial charge on any atom is 0.223 e. The van der Waals surface area contributed by atoms with E-state index >= 15 is 0 Å². The van der Waals surface area contributed by atoms with Crippen LogP contribution < -0.4 is 5.32 Å². The van der Waals surface area contributed by atoms with Crippen LogP contribution in [0.5, 0.6) is 0 Å². The van der Waals surface area contributed by atoms with Gasteiger partial charge in [0.15, 0.2) is 0 Å². The summed E-state index contributed by atoms with van der Waals surface area (Å²) in [4.78, 5) is 13.9. The lowest BCUT2D eigenvalue weighted by atomic mass is 9.92. The molecule has 3 heteroatoms. The first kappa shape index (κ1) is 11.9. The average molecular weight is 224 g/mol. The molecule has 0 aromatic heterocycles. The Labute approximate surface area is 98.6 Å². The summed E-state index contributed by atoms with van der Waals surface area (Å²) in [5.41, 5.74) is 0. The van der Waals surface area contributed by atoms with Crippen molar-refractivity contribution in [2.24, 2.45) is 17.8 Å². The molecule has 0 bridgehead atoms. The van der Waals surface area contributed by atoms with E-state index in [0.29, 0.717) is 24.3 Å². The van der Waals surface area contributed by atoms with Crippen molar-refractivity contribution >= 4 is 5.91 Å². The third-order valence-corrected chi connectivity index (χ3v) is 4.43. The van der Waals surface area contributed by atoms with Crippen molar-refractivity contribution in [2.45, 2.75) is 39.7 Å². The Morgan fingerprint density at radius 1 is 1.38 bits per heavy atom. The highest BCUT2D eigenvalue weighted by atomic mass is 16.2. The molecule has 0 spiro atoms. The van der Waals surface area contributed by atoms with Crippen LogP contribution in [0.4, 0.5) is 0 Å². The van der Waals surface area contributed by atoms with Gasteiger partial charge in [-0.2, -0.15) is 0 Å². The first-order valence-electron chi connectivity index (χ1n) is 6.64. The third-order valence-electron chi connectivity index (χ3n) is 4.43. The molecule has 4 atom stereocenters. The van der Waals surface area contributed by atoms with Gasteiger partial charge in [0, 0.05) is 32.1 Å². The minimum Gasteiger partial charge on any atom is -0.343 e. The molecule has 1 heterocycles. The maximum atomic E-state index is 11.9. The number of rotatable bonds is 1. The minimum absolute atomic E-state index is 0.320. The lowest BCUT2D eigenvalue weighted by Crippen LogP contribution is -2.49. The molecule has 2 aliphatic rings. The summed E-state index contributed by atoms with van der Waals surface area (Å²) in [5, 5.41) is 3.59. The van der Waals surface area contributed by atoms with Crippen molar-refractivity contribution in [3.63, 3.8) is 0 Å². The largest absolute Gasteiger partial charge is 0.343 e. The highest BCUT2D eigenvalue weighted by molar-refractivity contribution is 5.76. The molecule has 1 aliphatic heterocycles. The van der Waals surface area contributed by atoms with E-state index in [9.17, 15) is 4.79 Å². The lowest BCUT2D eigenvalue weighted by Gasteiger charge is -2.34. The molecule has 4 unspecified atom stereocenters. The summed E-state index contributed by atoms with van der Waals surface area (Å²) in [7, 11) is 0. The highest BCUT2D eigenvalue weighted by Crippen LogP contribution is 2.37. The van der Waals surface area contributed by atoms with Gasteiger partial charge in [-0.3, -0.25) is 4.79 Å². The van der Waals surface area contributed by atoms with Gasteiger partial charge in [-0.05, 0) is 31.1 Å². The Hall–Kier alpha value is -0.570. The number of carbonyl (C=O) groups is 1. The van der Waals surface area contributed by atoms with Crippen LogP contribution in [0.15, 0.2) is 0 Å². The van der Waals surface area contributed by atoms with Gasteiger partial charge in [-0.1, -0.05) is 13.8 Å². The van der Waals surface area contributed by atoms with Gasteiger partial charge in [0.05, 0.1) is 0 Å². The second kappa shape index (κ2) is 4.74. The smallest absolute Gasteiger partial charge is 0.223 e. The number of hydrogen-bond acceptors (Lipinski definition) is 2. The number of fused-ring (bicyclic) bond motifs is 1. The first-order chi connectivity index (χ1) is 7.63. The number of nitrogens with one attached hydrogen (secondary N) is 1. The number of hydrogen-bond donors (Lipinski definition) is 1. The van der Waals surface area contributed by atoms with E-state index in [0.717, 1.165) is 31.5 Å². The van der Waals surface area contributed by atoms with Crippen LogP contribution in [0, 0.1) is 17.8 Å². The molecule has 1 amide bonds. The summed E-state index contributed by atoms with van der Waals surface area (Å²) < 4.78 is 0. The topological polar surface area (TPSA) is 32.3 Å². The third kappa shape index (κ3) is 2.10. The molecular formula is C13H24N2O. The highest BCUT2D eigenvalue weighted by Gasteiger charge is 2.40. The van der Waals surface area contributed by atoms with E-state index < -0.39 is 0 Å². The molecule has 1 saturated carbocycles. The Morgan fingerprint density at radius 3 is 2.81 bits per heavy atom. The molecule has 0 aromatic carbocycles. The second-order valence-electron chi connectivity index (χ2n) is 5.52. The zero-order valence-electron chi connectivity index (χ0n) is 10.7. The summed E-state index contributed by atoms with van der Waals surface area (Å²) in [6, 6.07) is 0.622. The van der Waals surface area contributed by atoms with Crippen molar-refractivity contribution in [3.05, 3.63) is 0 Å². The Morgan fingerprint density at radius 2 is 2.12 bits per heavy atom. The zero-order valence-corrected chi connectivity index (χ0v) is 10.7. The molecule has 92 valence electrons. The van der Waals surface area contributed by atoms with Crippen LogP contribution >= 0.6 is 0 Å². The predicted molar refractivity (Wildman–Crippen MR) is 65.1 cm³/mol. The van der Waals surface area contributed by atoms with Crippen LogP contribution in [-0.4, -0.2) is 36.5 Å². The Bertz CT molecular complexity index is 267. The fourth-order valence-electron chi connectivity index (χ4n) is 3.50. The van der Waals surface area contributed by atoms with Gasteiger partial charge < -0.3 is 10.2 Å². The molecule has 1 aliphatic carbocycles. The second-order valence-corrected chi connectivity index (χ2v) is 5.52. The van der Waals surface area contributed by atoms with Crippen LogP contribution in [0.3, 0.4) is 0 Å². The van der Waals surface area contributed by atoms with Gasteiger partial charge in [0.2, 0.25) is 5.91 Å². The van der Waals surface area contributed by atoms with E-state index in [2.05, 4.69) is 26.1 Å². The van der Waals surface area contributed by atoms with E-state index in [-0.39, 0.29) is 0 Å². The molecular weight excluding hydrogens is 200 g/mol. The SMILES string of the molecule is CCN1CC2C(C)CC(C)C2NCCC1=O. The van der Waals surface area contributed by atoms with Crippen LogP contribution in [0.1, 0.15) is 33.6 Å². The zero-order chi connectivity index (χ0) is 11.7. The molecule has 0 radical (unpaired) electrons. The van der Waals surface area contributed by atoms with E-state index in [1.54, 1.807) is 0 Å². The maximum absolute atomic E-state index is 11.9. The average Bonchev–Trinajstić information content (AvgIpc) is 2.47. The Balaban J connectivity index is 2.12. The quantitative estimate of drug-likeness (QED) is 0.732. The van der Waals surface area contributed by atoms with Gasteiger partial charge in [0.25, 0.3) is 0 Å². The Kier molecular flexibility index (Phi) is 3.53. The van der Waals surface area contributed by atoms with Crippen molar-refractivity contribution in [2.75, 3.05) is 19.6 Å². The van der Waals surface area contributed by atoms with Gasteiger partial charge in [0.1, 0.15) is 0 Å². The molecule has 0 aromatic rings. The van der Waals surface area contributed by atoms with Crippen LogP contribution in [0.25, 0.3) is 0 Å². The van der Waals surface area contributed by atoms with E-state index in [1.165, 1.54) is 6.42 Å². The standard InChI is InChI=1S/C13H24N2O/c1-4-15-8-11-9(2)7-10(3)13(11)14-6-5-12(15)16/h9-11,13-14H,4-8H2,1-3H3. The molecule has 2 rings (SSSR count). The first-order valence-corrected chi connectivity index (χ1v) is 6.64. The van der Waals surface area contributed by atoms with Crippen molar-refractivity contribution < 1.29 is 4.79 Å². The molecule has 16 heavy (non-hydrogen) atoms. The molecule has 1 N–H and O–H groups in total. The van der Waals surface area contributed by atoms with Crippen LogP contribution in [-0.2, 0) is 4.79 Å². The number of amides is 1. The predicted octanol–water partition coefficient (Wildman–Crippen LogP) is 1.49. The summed E-state index contributed by atoms with van der Waals surface area (Å²) in [5.74, 6) is 2.47. The fraction of sp³-hybridized carbons (Fsp3) is 0.923. The minimum atomic E-state index is 0.320. The fourth-order valence-corrected chi connectivity index (χ4v) is 3.50. The number of carbonyl (C=O) groups excluding carboxylic acids is 1. The molecule has 3 nitrogen and oxygen atoms in total. The number of nitrogens with zero attached hydrogens (tertiary/aromatic N) is 1. The molecule has 2 fully saturated rings. The summed E-state index contributed by atoms with van der Waals surface area (Å²) >= 11 is 0. The molecule has 1 saturated heterocycles. The summed E-state index contributed by atoms with van der Waals surface area (Å²) in [6.07, 6.45) is 1.96.